The van der Waals surface area contributed by atoms with Crippen LogP contribution in [-0.2, 0) is 0 Å². The van der Waals surface area contributed by atoms with Crippen LogP contribution in [0.15, 0.2) is 24.3 Å². The van der Waals surface area contributed by atoms with Crippen LogP contribution in [0.4, 0.5) is 0 Å². The van der Waals surface area contributed by atoms with Crippen LogP contribution in [0, 0.1) is 0 Å². The Kier molecular flexibility index (Phi) is 3.50. The van der Waals surface area contributed by atoms with E-state index in [1.165, 1.54) is 18.6 Å². The van der Waals surface area contributed by atoms with Crippen LogP contribution >= 0.6 is 0 Å². The highest BCUT2D eigenvalue weighted by molar-refractivity contribution is 5.07. The number of allylic oxidation sites excluding steroid dienone is 2. The Morgan fingerprint density at radius 2 is 1.33 bits per heavy atom. The first-order valence-electron chi connectivity index (χ1n) is 4.51. The van der Waals surface area contributed by atoms with Gasteiger partial charge in [-0.05, 0) is 37.8 Å². The molecule has 0 aromatic heterocycles. The number of rotatable bonds is 0. The van der Waals surface area contributed by atoms with Crippen LogP contribution in [0.5, 0.6) is 0 Å². The summed E-state index contributed by atoms with van der Waals surface area (Å²) in [6.07, 6.45) is 11.9. The van der Waals surface area contributed by atoms with Crippen molar-refractivity contribution in [2.75, 3.05) is 0 Å². The Labute approximate surface area is 73.2 Å². The summed E-state index contributed by atoms with van der Waals surface area (Å²) in [6, 6.07) is 0. The molecule has 0 spiro atoms. The predicted molar refractivity (Wildman–Crippen MR) is 48.5 cm³/mol. The lowest BCUT2D eigenvalue weighted by Crippen LogP contribution is -2.21. The van der Waals surface area contributed by atoms with E-state index >= 15 is 0 Å². The Bertz CT molecular complexity index is 162. The lowest BCUT2D eigenvalue weighted by Gasteiger charge is -2.12. The van der Waals surface area contributed by atoms with Crippen LogP contribution in [0.1, 0.15) is 32.1 Å². The summed E-state index contributed by atoms with van der Waals surface area (Å²) in [4.78, 5) is 0. The summed E-state index contributed by atoms with van der Waals surface area (Å²) in [5, 5.41) is 18.6. The van der Waals surface area contributed by atoms with E-state index in [-0.39, 0.29) is 0 Å². The summed E-state index contributed by atoms with van der Waals surface area (Å²) in [5.41, 5.74) is 0. The number of hydrogen-bond donors (Lipinski definition) is 2. The lowest BCUT2D eigenvalue weighted by atomic mass is 10.1. The monoisotopic (exact) mass is 168 g/mol. The summed E-state index contributed by atoms with van der Waals surface area (Å²) < 4.78 is 0. The van der Waals surface area contributed by atoms with E-state index < -0.39 is 5.79 Å². The predicted octanol–water partition coefficient (Wildman–Crippen LogP) is 1.74. The Balaban J connectivity index is 2.55. The normalized spacial score (nSPS) is 29.2. The Morgan fingerprint density at radius 3 is 1.83 bits per heavy atom. The van der Waals surface area contributed by atoms with Gasteiger partial charge in [-0.1, -0.05) is 18.6 Å². The third kappa shape index (κ3) is 3.69. The van der Waals surface area contributed by atoms with Crippen LogP contribution in [0.3, 0.4) is 0 Å². The molecular formula is C10H16O2. The van der Waals surface area contributed by atoms with Gasteiger partial charge >= 0.3 is 0 Å². The molecule has 0 atom stereocenters. The van der Waals surface area contributed by atoms with Crippen molar-refractivity contribution >= 4 is 0 Å². The molecule has 0 aromatic carbocycles. The second kappa shape index (κ2) is 4.43. The fourth-order valence-electron chi connectivity index (χ4n) is 1.27. The maximum absolute atomic E-state index is 9.28. The van der Waals surface area contributed by atoms with E-state index in [1.54, 1.807) is 0 Å². The maximum Gasteiger partial charge on any atom is 0.202 e. The third-order valence-electron chi connectivity index (χ3n) is 1.97. The van der Waals surface area contributed by atoms with E-state index in [0.29, 0.717) is 0 Å². The van der Waals surface area contributed by atoms with E-state index in [1.807, 2.05) is 12.2 Å². The molecule has 2 N–H and O–H groups in total. The third-order valence-corrected chi connectivity index (χ3v) is 1.97. The van der Waals surface area contributed by atoms with E-state index in [2.05, 4.69) is 0 Å². The van der Waals surface area contributed by atoms with Crippen molar-refractivity contribution in [3.63, 3.8) is 0 Å². The van der Waals surface area contributed by atoms with Gasteiger partial charge in [0.15, 0.2) is 0 Å². The molecule has 2 heteroatoms. The lowest BCUT2D eigenvalue weighted by molar-refractivity contribution is -0.0744. The average molecular weight is 168 g/mol. The first-order valence-corrected chi connectivity index (χ1v) is 4.51. The van der Waals surface area contributed by atoms with Gasteiger partial charge in [0.05, 0.1) is 0 Å². The van der Waals surface area contributed by atoms with Crippen LogP contribution in [0.25, 0.3) is 0 Å². The molecule has 0 saturated heterocycles. The molecule has 0 aliphatic heterocycles. The van der Waals surface area contributed by atoms with Gasteiger partial charge in [0, 0.05) is 0 Å². The van der Waals surface area contributed by atoms with Crippen molar-refractivity contribution < 1.29 is 10.2 Å². The Morgan fingerprint density at radius 1 is 0.833 bits per heavy atom. The van der Waals surface area contributed by atoms with Gasteiger partial charge in [-0.2, -0.15) is 0 Å². The highest BCUT2D eigenvalue weighted by Crippen LogP contribution is 2.11. The van der Waals surface area contributed by atoms with Gasteiger partial charge in [0.2, 0.25) is 5.79 Å². The Hall–Kier alpha value is -0.600. The van der Waals surface area contributed by atoms with Gasteiger partial charge in [0.25, 0.3) is 0 Å². The van der Waals surface area contributed by atoms with E-state index in [9.17, 15) is 10.2 Å². The summed E-state index contributed by atoms with van der Waals surface area (Å²) in [5.74, 6) is -1.72. The fourth-order valence-corrected chi connectivity index (χ4v) is 1.27. The van der Waals surface area contributed by atoms with Crippen molar-refractivity contribution in [1.29, 1.82) is 0 Å². The largest absolute Gasteiger partial charge is 0.359 e. The SMILES string of the molecule is OC1(O)/C=C\CCCCC/C=C/1. The molecule has 1 aliphatic rings. The second-order valence-corrected chi connectivity index (χ2v) is 3.23. The molecule has 0 unspecified atom stereocenters. The maximum atomic E-state index is 9.28. The first-order chi connectivity index (χ1) is 5.71. The molecule has 0 fully saturated rings. The van der Waals surface area contributed by atoms with Crippen molar-refractivity contribution in [2.24, 2.45) is 0 Å². The van der Waals surface area contributed by atoms with Gasteiger partial charge in [-0.25, -0.2) is 0 Å². The molecule has 68 valence electrons. The molecule has 1 aliphatic carbocycles. The molecule has 0 heterocycles. The van der Waals surface area contributed by atoms with Crippen molar-refractivity contribution in [3.8, 4) is 0 Å². The molecule has 12 heavy (non-hydrogen) atoms. The zero-order valence-electron chi connectivity index (χ0n) is 7.24. The van der Waals surface area contributed by atoms with Crippen LogP contribution in [-0.4, -0.2) is 16.0 Å². The van der Waals surface area contributed by atoms with E-state index in [0.717, 1.165) is 25.7 Å². The minimum Gasteiger partial charge on any atom is -0.359 e. The van der Waals surface area contributed by atoms with Gasteiger partial charge in [-0.3, -0.25) is 0 Å². The molecule has 0 radical (unpaired) electrons. The summed E-state index contributed by atoms with van der Waals surface area (Å²) >= 11 is 0. The molecule has 0 amide bonds. The minimum absolute atomic E-state index is 0.941. The molecule has 0 bridgehead atoms. The zero-order valence-corrected chi connectivity index (χ0v) is 7.24. The smallest absolute Gasteiger partial charge is 0.202 e. The summed E-state index contributed by atoms with van der Waals surface area (Å²) in [6.45, 7) is 0. The fraction of sp³-hybridized carbons (Fsp3) is 0.600. The molecule has 2 nitrogen and oxygen atoms in total. The van der Waals surface area contributed by atoms with Crippen LogP contribution < -0.4 is 0 Å². The standard InChI is InChI=1S/C10H16O2/c11-10(12)8-6-4-2-1-3-5-7-9-10/h6-9,11-12H,1-5H2/b8-6-,9-7+. The van der Waals surface area contributed by atoms with Gasteiger partial charge in [-0.15, -0.1) is 0 Å². The number of aliphatic hydroxyl groups is 2. The van der Waals surface area contributed by atoms with Crippen molar-refractivity contribution in [3.05, 3.63) is 24.3 Å². The van der Waals surface area contributed by atoms with Gasteiger partial charge < -0.3 is 10.2 Å². The molecule has 1 rings (SSSR count). The average Bonchev–Trinajstić information content (AvgIpc) is 2.02. The highest BCUT2D eigenvalue weighted by atomic mass is 16.5. The second-order valence-electron chi connectivity index (χ2n) is 3.23. The highest BCUT2D eigenvalue weighted by Gasteiger charge is 2.12. The first kappa shape index (κ1) is 9.49. The molecule has 0 aromatic rings. The molecule has 0 saturated carbocycles. The van der Waals surface area contributed by atoms with Crippen molar-refractivity contribution in [1.82, 2.24) is 0 Å². The molecular weight excluding hydrogens is 152 g/mol. The number of hydrogen-bond acceptors (Lipinski definition) is 2. The topological polar surface area (TPSA) is 40.5 Å². The quantitative estimate of drug-likeness (QED) is 0.427. The van der Waals surface area contributed by atoms with Gasteiger partial charge in [0.1, 0.15) is 0 Å². The van der Waals surface area contributed by atoms with Crippen molar-refractivity contribution in [2.45, 2.75) is 37.9 Å². The summed E-state index contributed by atoms with van der Waals surface area (Å²) in [7, 11) is 0. The van der Waals surface area contributed by atoms with E-state index in [4.69, 9.17) is 0 Å². The minimum atomic E-state index is -1.72. The zero-order chi connectivity index (χ0) is 8.86. The van der Waals surface area contributed by atoms with Crippen LogP contribution in [0.2, 0.25) is 0 Å².